The van der Waals surface area contributed by atoms with E-state index in [4.69, 9.17) is 4.74 Å². The third-order valence-corrected chi connectivity index (χ3v) is 3.11. The van der Waals surface area contributed by atoms with Crippen molar-refractivity contribution in [2.75, 3.05) is 43.6 Å². The molecule has 3 heteroatoms. The molecule has 1 aliphatic heterocycles. The number of nitrogens with zero attached hydrogens (tertiary/aromatic N) is 1. The maximum atomic E-state index is 5.39. The fourth-order valence-corrected chi connectivity index (χ4v) is 2.24. The van der Waals surface area contributed by atoms with Crippen LogP contribution in [0.15, 0.2) is 18.2 Å². The standard InChI is InChI=1S/C13H20N2O/c1-3-11-5-4-6-12(13(11)14-2)15-7-9-16-10-8-15/h4-6,14H,3,7-10H2,1-2H3. The summed E-state index contributed by atoms with van der Waals surface area (Å²) in [5, 5.41) is 3.33. The average Bonchev–Trinajstić information content (AvgIpc) is 2.38. The third-order valence-electron chi connectivity index (χ3n) is 3.11. The van der Waals surface area contributed by atoms with Gasteiger partial charge in [-0.1, -0.05) is 19.1 Å². The second kappa shape index (κ2) is 5.21. The van der Waals surface area contributed by atoms with Gasteiger partial charge >= 0.3 is 0 Å². The van der Waals surface area contributed by atoms with Gasteiger partial charge < -0.3 is 15.0 Å². The zero-order chi connectivity index (χ0) is 11.4. The highest BCUT2D eigenvalue weighted by atomic mass is 16.5. The summed E-state index contributed by atoms with van der Waals surface area (Å²) in [4.78, 5) is 2.40. The van der Waals surface area contributed by atoms with Gasteiger partial charge in [0.2, 0.25) is 0 Å². The van der Waals surface area contributed by atoms with Gasteiger partial charge in [-0.15, -0.1) is 0 Å². The van der Waals surface area contributed by atoms with E-state index in [9.17, 15) is 0 Å². The van der Waals surface area contributed by atoms with Crippen molar-refractivity contribution in [3.63, 3.8) is 0 Å². The quantitative estimate of drug-likeness (QED) is 0.844. The minimum atomic E-state index is 0.833. The Morgan fingerprint density at radius 1 is 1.31 bits per heavy atom. The lowest BCUT2D eigenvalue weighted by atomic mass is 10.1. The van der Waals surface area contributed by atoms with Crippen molar-refractivity contribution in [2.24, 2.45) is 0 Å². The predicted octanol–water partition coefficient (Wildman–Crippen LogP) is 2.13. The fourth-order valence-electron chi connectivity index (χ4n) is 2.24. The Labute approximate surface area is 97.4 Å². The van der Waals surface area contributed by atoms with Crippen LogP contribution in [0, 0.1) is 0 Å². The average molecular weight is 220 g/mol. The summed E-state index contributed by atoms with van der Waals surface area (Å²) in [5.41, 5.74) is 3.96. The van der Waals surface area contributed by atoms with Crippen LogP contribution < -0.4 is 10.2 Å². The second-order valence-electron chi connectivity index (χ2n) is 4.01. The highest BCUT2D eigenvalue weighted by Gasteiger charge is 2.15. The van der Waals surface area contributed by atoms with Gasteiger partial charge in [0.05, 0.1) is 24.6 Å². The number of benzene rings is 1. The first-order valence-electron chi connectivity index (χ1n) is 5.99. The molecule has 16 heavy (non-hydrogen) atoms. The summed E-state index contributed by atoms with van der Waals surface area (Å²) in [6, 6.07) is 6.52. The Bertz CT molecular complexity index is 346. The van der Waals surface area contributed by atoms with Crippen molar-refractivity contribution in [2.45, 2.75) is 13.3 Å². The van der Waals surface area contributed by atoms with E-state index in [0.717, 1.165) is 32.7 Å². The van der Waals surface area contributed by atoms with Crippen molar-refractivity contribution in [3.8, 4) is 0 Å². The Hall–Kier alpha value is -1.22. The lowest BCUT2D eigenvalue weighted by molar-refractivity contribution is 0.123. The van der Waals surface area contributed by atoms with Gasteiger partial charge in [0.25, 0.3) is 0 Å². The molecule has 0 aliphatic carbocycles. The van der Waals surface area contributed by atoms with Gasteiger partial charge in [0.15, 0.2) is 0 Å². The molecular weight excluding hydrogens is 200 g/mol. The van der Waals surface area contributed by atoms with Crippen LogP contribution >= 0.6 is 0 Å². The van der Waals surface area contributed by atoms with E-state index < -0.39 is 0 Å². The topological polar surface area (TPSA) is 24.5 Å². The van der Waals surface area contributed by atoms with Gasteiger partial charge in [0, 0.05) is 20.1 Å². The van der Waals surface area contributed by atoms with Crippen molar-refractivity contribution in [1.82, 2.24) is 0 Å². The molecule has 0 saturated carbocycles. The molecule has 1 heterocycles. The molecule has 1 aliphatic rings. The molecule has 0 atom stereocenters. The van der Waals surface area contributed by atoms with Crippen LogP contribution in [0.4, 0.5) is 11.4 Å². The third kappa shape index (κ3) is 2.14. The molecule has 0 spiro atoms. The summed E-state index contributed by atoms with van der Waals surface area (Å²) >= 11 is 0. The molecule has 1 saturated heterocycles. The maximum Gasteiger partial charge on any atom is 0.0642 e. The van der Waals surface area contributed by atoms with E-state index in [0.29, 0.717) is 0 Å². The number of aryl methyl sites for hydroxylation is 1. The van der Waals surface area contributed by atoms with Crippen LogP contribution in [0.5, 0.6) is 0 Å². The number of ether oxygens (including phenoxy) is 1. The van der Waals surface area contributed by atoms with Gasteiger partial charge in [-0.2, -0.15) is 0 Å². The molecule has 2 rings (SSSR count). The van der Waals surface area contributed by atoms with Crippen molar-refractivity contribution in [1.29, 1.82) is 0 Å². The van der Waals surface area contributed by atoms with E-state index >= 15 is 0 Å². The van der Waals surface area contributed by atoms with Crippen LogP contribution in [0.3, 0.4) is 0 Å². The largest absolute Gasteiger partial charge is 0.386 e. The van der Waals surface area contributed by atoms with E-state index in [1.807, 2.05) is 7.05 Å². The summed E-state index contributed by atoms with van der Waals surface area (Å²) < 4.78 is 5.39. The maximum absolute atomic E-state index is 5.39. The zero-order valence-electron chi connectivity index (χ0n) is 10.1. The number of anilines is 2. The summed E-state index contributed by atoms with van der Waals surface area (Å²) in [6.45, 7) is 5.84. The van der Waals surface area contributed by atoms with Crippen LogP contribution in [-0.4, -0.2) is 33.4 Å². The molecule has 1 aromatic carbocycles. The monoisotopic (exact) mass is 220 g/mol. The first kappa shape index (κ1) is 11.3. The van der Waals surface area contributed by atoms with Gasteiger partial charge in [-0.25, -0.2) is 0 Å². The first-order chi connectivity index (χ1) is 7.86. The molecule has 0 radical (unpaired) electrons. The zero-order valence-corrected chi connectivity index (χ0v) is 10.1. The minimum Gasteiger partial charge on any atom is -0.386 e. The summed E-state index contributed by atoms with van der Waals surface area (Å²) in [7, 11) is 2.00. The predicted molar refractivity (Wildman–Crippen MR) is 68.4 cm³/mol. The number of hydrogen-bond donors (Lipinski definition) is 1. The SMILES string of the molecule is CCc1cccc(N2CCOCC2)c1NC. The van der Waals surface area contributed by atoms with Gasteiger partial charge in [0.1, 0.15) is 0 Å². The second-order valence-corrected chi connectivity index (χ2v) is 4.01. The molecule has 0 unspecified atom stereocenters. The summed E-state index contributed by atoms with van der Waals surface area (Å²) in [6.07, 6.45) is 1.06. The van der Waals surface area contributed by atoms with E-state index in [1.165, 1.54) is 16.9 Å². The number of nitrogens with one attached hydrogen (secondary N) is 1. The van der Waals surface area contributed by atoms with Crippen molar-refractivity contribution < 1.29 is 4.74 Å². The normalized spacial score (nSPS) is 16.2. The molecule has 3 nitrogen and oxygen atoms in total. The molecule has 1 fully saturated rings. The Morgan fingerprint density at radius 3 is 2.69 bits per heavy atom. The number of rotatable bonds is 3. The first-order valence-corrected chi connectivity index (χ1v) is 5.99. The van der Waals surface area contributed by atoms with Gasteiger partial charge in [-0.05, 0) is 18.1 Å². The Morgan fingerprint density at radius 2 is 2.06 bits per heavy atom. The Kier molecular flexibility index (Phi) is 3.67. The molecule has 1 aromatic rings. The lowest BCUT2D eigenvalue weighted by Crippen LogP contribution is -2.36. The molecule has 1 N–H and O–H groups in total. The van der Waals surface area contributed by atoms with Crippen LogP contribution in [0.1, 0.15) is 12.5 Å². The molecule has 0 bridgehead atoms. The van der Waals surface area contributed by atoms with E-state index in [-0.39, 0.29) is 0 Å². The van der Waals surface area contributed by atoms with Crippen LogP contribution in [0.2, 0.25) is 0 Å². The summed E-state index contributed by atoms with van der Waals surface area (Å²) in [5.74, 6) is 0. The molecule has 88 valence electrons. The fraction of sp³-hybridized carbons (Fsp3) is 0.538. The number of morpholine rings is 1. The van der Waals surface area contributed by atoms with Crippen molar-refractivity contribution in [3.05, 3.63) is 23.8 Å². The van der Waals surface area contributed by atoms with E-state index in [2.05, 4.69) is 35.3 Å². The lowest BCUT2D eigenvalue weighted by Gasteiger charge is -2.31. The van der Waals surface area contributed by atoms with Crippen LogP contribution in [-0.2, 0) is 11.2 Å². The molecular formula is C13H20N2O. The highest BCUT2D eigenvalue weighted by molar-refractivity contribution is 5.73. The van der Waals surface area contributed by atoms with E-state index in [1.54, 1.807) is 0 Å². The smallest absolute Gasteiger partial charge is 0.0642 e. The van der Waals surface area contributed by atoms with Crippen molar-refractivity contribution >= 4 is 11.4 Å². The number of hydrogen-bond acceptors (Lipinski definition) is 3. The number of para-hydroxylation sites is 1. The highest BCUT2D eigenvalue weighted by Crippen LogP contribution is 2.30. The minimum absolute atomic E-state index is 0.833. The Balaban J connectivity index is 2.30. The van der Waals surface area contributed by atoms with Crippen LogP contribution in [0.25, 0.3) is 0 Å². The van der Waals surface area contributed by atoms with Gasteiger partial charge in [-0.3, -0.25) is 0 Å². The molecule has 0 aromatic heterocycles. The molecule has 0 amide bonds.